The maximum Gasteiger partial charge on any atom is 0.343 e. The van der Waals surface area contributed by atoms with Gasteiger partial charge in [-0.1, -0.05) is 44.2 Å². The van der Waals surface area contributed by atoms with E-state index in [1.807, 2.05) is 30.3 Å². The molecular weight excluding hydrogens is 273 g/mol. The smallest absolute Gasteiger partial charge is 0.343 e. The summed E-state index contributed by atoms with van der Waals surface area (Å²) in [5.41, 5.74) is -1.97. The summed E-state index contributed by atoms with van der Waals surface area (Å²) in [7, 11) is 0. The van der Waals surface area contributed by atoms with Gasteiger partial charge in [-0.05, 0) is 12.0 Å². The zero-order chi connectivity index (χ0) is 15.7. The van der Waals surface area contributed by atoms with Gasteiger partial charge < -0.3 is 10.0 Å². The second kappa shape index (κ2) is 5.47. The molecule has 1 heterocycles. The van der Waals surface area contributed by atoms with E-state index < -0.39 is 17.1 Å². The number of rotatable bonds is 4. The fraction of sp³-hybridized carbons (Fsp3) is 0.500. The van der Waals surface area contributed by atoms with Crippen molar-refractivity contribution in [3.63, 3.8) is 0 Å². The summed E-state index contributed by atoms with van der Waals surface area (Å²) >= 11 is 0. The van der Waals surface area contributed by atoms with Gasteiger partial charge in [-0.15, -0.1) is 0 Å². The van der Waals surface area contributed by atoms with E-state index in [1.165, 1.54) is 4.90 Å². The molecule has 1 aromatic carbocycles. The molecule has 1 amide bonds. The summed E-state index contributed by atoms with van der Waals surface area (Å²) in [6, 6.07) is 9.60. The van der Waals surface area contributed by atoms with Crippen LogP contribution in [-0.2, 0) is 16.0 Å². The van der Waals surface area contributed by atoms with E-state index >= 15 is 0 Å². The predicted octanol–water partition coefficient (Wildman–Crippen LogP) is 2.28. The Morgan fingerprint density at radius 1 is 1.33 bits per heavy atom. The SMILES string of the molecule is CC(C)(Cc1ccccc1)C(=O)N1CCC(F)(C(=O)O)C1. The third-order valence-corrected chi connectivity index (χ3v) is 3.96. The van der Waals surface area contributed by atoms with Gasteiger partial charge in [-0.2, -0.15) is 0 Å². The number of hydrogen-bond donors (Lipinski definition) is 1. The largest absolute Gasteiger partial charge is 0.479 e. The second-order valence-electron chi connectivity index (χ2n) is 6.29. The van der Waals surface area contributed by atoms with E-state index in [9.17, 15) is 14.0 Å². The monoisotopic (exact) mass is 293 g/mol. The lowest BCUT2D eigenvalue weighted by Gasteiger charge is -2.29. The van der Waals surface area contributed by atoms with E-state index in [1.54, 1.807) is 13.8 Å². The molecule has 1 aromatic rings. The third-order valence-electron chi connectivity index (χ3n) is 3.96. The van der Waals surface area contributed by atoms with Crippen molar-refractivity contribution in [1.82, 2.24) is 4.90 Å². The molecule has 0 bridgehead atoms. The number of likely N-dealkylation sites (tertiary alicyclic amines) is 1. The molecule has 0 aromatic heterocycles. The predicted molar refractivity (Wildman–Crippen MR) is 76.6 cm³/mol. The molecule has 1 unspecified atom stereocenters. The van der Waals surface area contributed by atoms with Crippen molar-refractivity contribution < 1.29 is 19.1 Å². The van der Waals surface area contributed by atoms with Crippen LogP contribution in [0.3, 0.4) is 0 Å². The molecule has 1 atom stereocenters. The quantitative estimate of drug-likeness (QED) is 0.926. The highest BCUT2D eigenvalue weighted by molar-refractivity contribution is 5.85. The molecule has 0 saturated carbocycles. The first-order valence-electron chi connectivity index (χ1n) is 7.00. The molecule has 1 N–H and O–H groups in total. The molecule has 0 radical (unpaired) electrons. The summed E-state index contributed by atoms with van der Waals surface area (Å²) in [6.45, 7) is 3.40. The Bertz CT molecular complexity index is 544. The van der Waals surface area contributed by atoms with Crippen molar-refractivity contribution in [3.8, 4) is 0 Å². The first kappa shape index (κ1) is 15.5. The lowest BCUT2D eigenvalue weighted by Crippen LogP contribution is -2.44. The molecule has 1 aliphatic heterocycles. The molecule has 4 nitrogen and oxygen atoms in total. The van der Waals surface area contributed by atoms with Gasteiger partial charge in [0.2, 0.25) is 11.6 Å². The number of carbonyl (C=O) groups is 2. The minimum absolute atomic E-state index is 0.143. The van der Waals surface area contributed by atoms with E-state index in [2.05, 4.69) is 0 Å². The maximum absolute atomic E-state index is 14.1. The molecule has 0 spiro atoms. The van der Waals surface area contributed by atoms with Gasteiger partial charge in [0, 0.05) is 18.4 Å². The fourth-order valence-electron chi connectivity index (χ4n) is 2.73. The molecule has 1 saturated heterocycles. The van der Waals surface area contributed by atoms with Crippen LogP contribution >= 0.6 is 0 Å². The molecule has 21 heavy (non-hydrogen) atoms. The number of aliphatic carboxylic acids is 1. The first-order chi connectivity index (χ1) is 9.74. The highest BCUT2D eigenvalue weighted by Crippen LogP contribution is 2.31. The van der Waals surface area contributed by atoms with Gasteiger partial charge in [0.15, 0.2) is 0 Å². The standard InChI is InChI=1S/C16H20FNO3/c1-15(2,10-12-6-4-3-5-7-12)13(19)18-9-8-16(17,11-18)14(20)21/h3-7H,8-11H2,1-2H3,(H,20,21). The number of carboxylic acid groups (broad SMARTS) is 1. The zero-order valence-electron chi connectivity index (χ0n) is 12.3. The van der Waals surface area contributed by atoms with Crippen LogP contribution in [0.15, 0.2) is 30.3 Å². The normalized spacial score (nSPS) is 22.3. The summed E-state index contributed by atoms with van der Waals surface area (Å²) in [4.78, 5) is 24.8. The summed E-state index contributed by atoms with van der Waals surface area (Å²) in [5.74, 6) is -1.69. The van der Waals surface area contributed by atoms with Crippen LogP contribution in [0, 0.1) is 5.41 Å². The summed E-state index contributed by atoms with van der Waals surface area (Å²) < 4.78 is 14.1. The average Bonchev–Trinajstić information content (AvgIpc) is 2.82. The van der Waals surface area contributed by atoms with Crippen molar-refractivity contribution in [3.05, 3.63) is 35.9 Å². The van der Waals surface area contributed by atoms with Crippen LogP contribution < -0.4 is 0 Å². The minimum Gasteiger partial charge on any atom is -0.479 e. The van der Waals surface area contributed by atoms with Crippen LogP contribution in [0.2, 0.25) is 0 Å². The topological polar surface area (TPSA) is 57.6 Å². The number of halogens is 1. The first-order valence-corrected chi connectivity index (χ1v) is 7.00. The molecule has 114 valence electrons. The number of alkyl halides is 1. The van der Waals surface area contributed by atoms with Crippen molar-refractivity contribution >= 4 is 11.9 Å². The number of benzene rings is 1. The average molecular weight is 293 g/mol. The molecule has 1 fully saturated rings. The van der Waals surface area contributed by atoms with Gasteiger partial charge in [0.25, 0.3) is 0 Å². The Balaban J connectivity index is 2.07. The van der Waals surface area contributed by atoms with E-state index in [0.717, 1.165) is 5.56 Å². The van der Waals surface area contributed by atoms with Gasteiger partial charge in [0.1, 0.15) is 0 Å². The second-order valence-corrected chi connectivity index (χ2v) is 6.29. The molecule has 0 aliphatic carbocycles. The van der Waals surface area contributed by atoms with E-state index in [0.29, 0.717) is 6.42 Å². The summed E-state index contributed by atoms with van der Waals surface area (Å²) in [5, 5.41) is 8.90. The van der Waals surface area contributed by atoms with Crippen LogP contribution in [0.4, 0.5) is 4.39 Å². The number of hydrogen-bond acceptors (Lipinski definition) is 2. The van der Waals surface area contributed by atoms with Crippen LogP contribution in [0.1, 0.15) is 25.8 Å². The molecule has 1 aliphatic rings. The van der Waals surface area contributed by atoms with Crippen molar-refractivity contribution in [2.75, 3.05) is 13.1 Å². The minimum atomic E-state index is -2.31. The molecule has 2 rings (SSSR count). The van der Waals surface area contributed by atoms with E-state index in [4.69, 9.17) is 5.11 Å². The van der Waals surface area contributed by atoms with Gasteiger partial charge >= 0.3 is 5.97 Å². The van der Waals surface area contributed by atoms with Gasteiger partial charge in [0.05, 0.1) is 6.54 Å². The Morgan fingerprint density at radius 2 is 1.95 bits per heavy atom. The van der Waals surface area contributed by atoms with Crippen LogP contribution in [0.5, 0.6) is 0 Å². The molecular formula is C16H20FNO3. The van der Waals surface area contributed by atoms with Crippen molar-refractivity contribution in [2.45, 2.75) is 32.4 Å². The van der Waals surface area contributed by atoms with Crippen LogP contribution in [0.25, 0.3) is 0 Å². The number of carboxylic acids is 1. The van der Waals surface area contributed by atoms with Crippen molar-refractivity contribution in [1.29, 1.82) is 0 Å². The molecule has 5 heteroatoms. The van der Waals surface area contributed by atoms with E-state index in [-0.39, 0.29) is 25.4 Å². The lowest BCUT2D eigenvalue weighted by molar-refractivity contribution is -0.150. The van der Waals surface area contributed by atoms with Gasteiger partial charge in [-0.3, -0.25) is 4.79 Å². The van der Waals surface area contributed by atoms with Crippen molar-refractivity contribution in [2.24, 2.45) is 5.41 Å². The highest BCUT2D eigenvalue weighted by atomic mass is 19.1. The Labute approximate surface area is 123 Å². The maximum atomic E-state index is 14.1. The Kier molecular flexibility index (Phi) is 4.03. The Morgan fingerprint density at radius 3 is 2.48 bits per heavy atom. The van der Waals surface area contributed by atoms with Gasteiger partial charge in [-0.25, -0.2) is 9.18 Å². The number of amides is 1. The van der Waals surface area contributed by atoms with Crippen LogP contribution in [-0.4, -0.2) is 40.6 Å². The lowest BCUT2D eigenvalue weighted by atomic mass is 9.84. The number of carbonyl (C=O) groups excluding carboxylic acids is 1. The zero-order valence-corrected chi connectivity index (χ0v) is 12.3. The summed E-state index contributed by atoms with van der Waals surface area (Å²) in [6.07, 6.45) is 0.394. The third kappa shape index (κ3) is 3.23. The highest BCUT2D eigenvalue weighted by Gasteiger charge is 2.48. The Hall–Kier alpha value is -1.91. The number of nitrogens with zero attached hydrogens (tertiary/aromatic N) is 1. The fourth-order valence-corrected chi connectivity index (χ4v) is 2.73.